The Morgan fingerprint density at radius 2 is 1.43 bits per heavy atom. The van der Waals surface area contributed by atoms with Crippen molar-refractivity contribution in [3.63, 3.8) is 0 Å². The zero-order valence-corrected chi connectivity index (χ0v) is 15.5. The van der Waals surface area contributed by atoms with Crippen LogP contribution in [0, 0.1) is 0 Å². The summed E-state index contributed by atoms with van der Waals surface area (Å²) in [5.74, 6) is -0.528. The number of ether oxygens (including phenoxy) is 1. The van der Waals surface area contributed by atoms with Gasteiger partial charge in [-0.3, -0.25) is 4.79 Å². The lowest BCUT2D eigenvalue weighted by atomic mass is 9.93. The van der Waals surface area contributed by atoms with E-state index in [-0.39, 0.29) is 18.5 Å². The molecule has 1 aliphatic rings. The highest BCUT2D eigenvalue weighted by molar-refractivity contribution is 5.97. The summed E-state index contributed by atoms with van der Waals surface area (Å²) < 4.78 is 5.57. The maximum absolute atomic E-state index is 13.1. The SMILES string of the molecule is O=C(OCc1ccccc1)[C@@H]1Cc2ccccc2CN1C(=O)c1ccccc1. The van der Waals surface area contributed by atoms with Crippen molar-refractivity contribution in [2.75, 3.05) is 0 Å². The molecular formula is C24H21NO3. The number of carbonyl (C=O) groups excluding carboxylic acids is 2. The number of hydrogen-bond acceptors (Lipinski definition) is 3. The van der Waals surface area contributed by atoms with Crippen LogP contribution in [0.15, 0.2) is 84.9 Å². The third-order valence-corrected chi connectivity index (χ3v) is 5.03. The molecular weight excluding hydrogens is 350 g/mol. The van der Waals surface area contributed by atoms with Gasteiger partial charge in [0.25, 0.3) is 5.91 Å². The smallest absolute Gasteiger partial charge is 0.329 e. The van der Waals surface area contributed by atoms with Crippen LogP contribution in [0.25, 0.3) is 0 Å². The van der Waals surface area contributed by atoms with E-state index < -0.39 is 6.04 Å². The normalized spacial score (nSPS) is 15.6. The van der Waals surface area contributed by atoms with E-state index in [1.54, 1.807) is 17.0 Å². The van der Waals surface area contributed by atoms with E-state index >= 15 is 0 Å². The van der Waals surface area contributed by atoms with E-state index in [1.165, 1.54) is 0 Å². The number of esters is 1. The second-order valence-electron chi connectivity index (χ2n) is 6.88. The molecule has 0 saturated carbocycles. The summed E-state index contributed by atoms with van der Waals surface area (Å²) in [5.41, 5.74) is 3.65. The minimum absolute atomic E-state index is 0.156. The molecule has 3 aromatic rings. The largest absolute Gasteiger partial charge is 0.459 e. The Balaban J connectivity index is 1.58. The molecule has 4 rings (SSSR count). The number of fused-ring (bicyclic) bond motifs is 1. The molecule has 0 radical (unpaired) electrons. The van der Waals surface area contributed by atoms with Crippen LogP contribution < -0.4 is 0 Å². The average Bonchev–Trinajstić information content (AvgIpc) is 2.77. The number of rotatable bonds is 4. The van der Waals surface area contributed by atoms with Crippen molar-refractivity contribution >= 4 is 11.9 Å². The number of benzene rings is 3. The molecule has 1 heterocycles. The average molecular weight is 371 g/mol. The number of nitrogens with zero attached hydrogens (tertiary/aromatic N) is 1. The van der Waals surface area contributed by atoms with Gasteiger partial charge in [-0.25, -0.2) is 4.79 Å². The second kappa shape index (κ2) is 8.09. The summed E-state index contributed by atoms with van der Waals surface area (Å²) in [6, 6.07) is 25.9. The summed E-state index contributed by atoms with van der Waals surface area (Å²) >= 11 is 0. The first-order valence-electron chi connectivity index (χ1n) is 9.36. The van der Waals surface area contributed by atoms with Gasteiger partial charge in [0.15, 0.2) is 0 Å². The summed E-state index contributed by atoms with van der Waals surface area (Å²) in [5, 5.41) is 0. The molecule has 0 fully saturated rings. The van der Waals surface area contributed by atoms with Gasteiger partial charge in [0.2, 0.25) is 0 Å². The summed E-state index contributed by atoms with van der Waals surface area (Å²) in [7, 11) is 0. The van der Waals surface area contributed by atoms with E-state index in [2.05, 4.69) is 0 Å². The standard InChI is InChI=1S/C24H21NO3/c26-23(19-11-5-2-6-12-19)25-16-21-14-8-7-13-20(21)15-22(25)24(27)28-17-18-9-3-1-4-10-18/h1-14,22H,15-17H2/t22-/m0/s1. The van der Waals surface area contributed by atoms with Crippen LogP contribution in [0.5, 0.6) is 0 Å². The molecule has 0 bridgehead atoms. The molecule has 1 amide bonds. The summed E-state index contributed by atoms with van der Waals surface area (Å²) in [4.78, 5) is 27.7. The van der Waals surface area contributed by atoms with Gasteiger partial charge in [0.1, 0.15) is 12.6 Å². The fourth-order valence-corrected chi connectivity index (χ4v) is 3.52. The highest BCUT2D eigenvalue weighted by Gasteiger charge is 2.36. The highest BCUT2D eigenvalue weighted by Crippen LogP contribution is 2.26. The Morgan fingerprint density at radius 1 is 0.821 bits per heavy atom. The van der Waals surface area contributed by atoms with Crippen LogP contribution in [-0.4, -0.2) is 22.8 Å². The van der Waals surface area contributed by atoms with Gasteiger partial charge in [-0.05, 0) is 28.8 Å². The number of carbonyl (C=O) groups is 2. The minimum Gasteiger partial charge on any atom is -0.459 e. The lowest BCUT2D eigenvalue weighted by Gasteiger charge is -2.35. The Kier molecular flexibility index (Phi) is 5.20. The van der Waals surface area contributed by atoms with E-state index in [0.717, 1.165) is 16.7 Å². The van der Waals surface area contributed by atoms with E-state index in [0.29, 0.717) is 18.5 Å². The van der Waals surface area contributed by atoms with E-state index in [4.69, 9.17) is 4.74 Å². The molecule has 4 nitrogen and oxygen atoms in total. The van der Waals surface area contributed by atoms with Gasteiger partial charge < -0.3 is 9.64 Å². The quantitative estimate of drug-likeness (QED) is 0.652. The van der Waals surface area contributed by atoms with Crippen LogP contribution in [0.1, 0.15) is 27.0 Å². The molecule has 28 heavy (non-hydrogen) atoms. The molecule has 3 aromatic carbocycles. The van der Waals surface area contributed by atoms with Crippen molar-refractivity contribution in [2.24, 2.45) is 0 Å². The number of amides is 1. The molecule has 0 aliphatic carbocycles. The Morgan fingerprint density at radius 3 is 2.14 bits per heavy atom. The van der Waals surface area contributed by atoms with Crippen molar-refractivity contribution in [3.8, 4) is 0 Å². The van der Waals surface area contributed by atoms with Gasteiger partial charge in [0, 0.05) is 18.5 Å². The van der Waals surface area contributed by atoms with Crippen LogP contribution in [0.4, 0.5) is 0 Å². The fraction of sp³-hybridized carbons (Fsp3) is 0.167. The van der Waals surface area contributed by atoms with Gasteiger partial charge in [0.05, 0.1) is 0 Å². The van der Waals surface area contributed by atoms with Crippen LogP contribution in [0.3, 0.4) is 0 Å². The van der Waals surface area contributed by atoms with Gasteiger partial charge in [-0.2, -0.15) is 0 Å². The van der Waals surface area contributed by atoms with Crippen LogP contribution in [-0.2, 0) is 29.1 Å². The molecule has 0 unspecified atom stereocenters. The Labute approximate surface area is 164 Å². The lowest BCUT2D eigenvalue weighted by molar-refractivity contribution is -0.151. The Bertz CT molecular complexity index is 969. The molecule has 0 N–H and O–H groups in total. The molecule has 0 saturated heterocycles. The third-order valence-electron chi connectivity index (χ3n) is 5.03. The van der Waals surface area contributed by atoms with Crippen molar-refractivity contribution in [1.82, 2.24) is 4.90 Å². The topological polar surface area (TPSA) is 46.6 Å². The Hall–Kier alpha value is -3.40. The predicted molar refractivity (Wildman–Crippen MR) is 106 cm³/mol. The molecule has 140 valence electrons. The van der Waals surface area contributed by atoms with Gasteiger partial charge in [-0.15, -0.1) is 0 Å². The van der Waals surface area contributed by atoms with Crippen molar-refractivity contribution < 1.29 is 14.3 Å². The van der Waals surface area contributed by atoms with E-state index in [1.807, 2.05) is 72.8 Å². The monoisotopic (exact) mass is 371 g/mol. The molecule has 1 aliphatic heterocycles. The fourth-order valence-electron chi connectivity index (χ4n) is 3.52. The van der Waals surface area contributed by atoms with Crippen molar-refractivity contribution in [1.29, 1.82) is 0 Å². The lowest BCUT2D eigenvalue weighted by Crippen LogP contribution is -2.49. The first kappa shape index (κ1) is 18.0. The molecule has 1 atom stereocenters. The zero-order valence-electron chi connectivity index (χ0n) is 15.5. The van der Waals surface area contributed by atoms with E-state index in [9.17, 15) is 9.59 Å². The highest BCUT2D eigenvalue weighted by atomic mass is 16.5. The van der Waals surface area contributed by atoms with Gasteiger partial charge >= 0.3 is 5.97 Å². The summed E-state index contributed by atoms with van der Waals surface area (Å²) in [6.45, 7) is 0.597. The first-order valence-corrected chi connectivity index (χ1v) is 9.36. The maximum atomic E-state index is 13.1. The molecule has 4 heteroatoms. The van der Waals surface area contributed by atoms with Crippen LogP contribution >= 0.6 is 0 Å². The molecule has 0 spiro atoms. The number of hydrogen-bond donors (Lipinski definition) is 0. The summed E-state index contributed by atoms with van der Waals surface area (Å²) in [6.07, 6.45) is 0.461. The maximum Gasteiger partial charge on any atom is 0.329 e. The first-order chi connectivity index (χ1) is 13.7. The van der Waals surface area contributed by atoms with Crippen LogP contribution in [0.2, 0.25) is 0 Å². The van der Waals surface area contributed by atoms with Crippen molar-refractivity contribution in [2.45, 2.75) is 25.6 Å². The zero-order chi connectivity index (χ0) is 19.3. The second-order valence-corrected chi connectivity index (χ2v) is 6.88. The van der Waals surface area contributed by atoms with Gasteiger partial charge in [-0.1, -0.05) is 72.8 Å². The molecule has 0 aromatic heterocycles. The predicted octanol–water partition coefficient (Wildman–Crippen LogP) is 4.00. The van der Waals surface area contributed by atoms with Crippen molar-refractivity contribution in [3.05, 3.63) is 107 Å². The third kappa shape index (κ3) is 3.81. The minimum atomic E-state index is -0.633.